The van der Waals surface area contributed by atoms with Crippen LogP contribution in [0.1, 0.15) is 5.56 Å². The van der Waals surface area contributed by atoms with Crippen LogP contribution in [0.3, 0.4) is 0 Å². The molecule has 0 aromatic heterocycles. The van der Waals surface area contributed by atoms with Gasteiger partial charge in [0, 0.05) is 13.7 Å². The Balaban J connectivity index is 2.02. The molecule has 0 aliphatic rings. The summed E-state index contributed by atoms with van der Waals surface area (Å²) in [5.41, 5.74) is 3.19. The fourth-order valence-electron chi connectivity index (χ4n) is 1.95. The number of methoxy groups -OCH3 is 1. The summed E-state index contributed by atoms with van der Waals surface area (Å²) in [6.45, 7) is 1.43. The summed E-state index contributed by atoms with van der Waals surface area (Å²) >= 11 is 5.80. The van der Waals surface area contributed by atoms with Crippen LogP contribution in [0.25, 0.3) is 11.1 Å². The molecule has 0 fully saturated rings. The van der Waals surface area contributed by atoms with E-state index in [0.29, 0.717) is 6.73 Å². The Hall–Kier alpha value is -1.42. The first kappa shape index (κ1) is 15.0. The average Bonchev–Trinajstić information content (AvgIpc) is 2.47. The molecule has 0 amide bonds. The van der Waals surface area contributed by atoms with Gasteiger partial charge in [0.15, 0.2) is 0 Å². The highest BCUT2D eigenvalue weighted by atomic mass is 35.5. The van der Waals surface area contributed by atoms with Crippen LogP contribution >= 0.6 is 11.6 Å². The topological polar surface area (TPSA) is 21.3 Å². The van der Waals surface area contributed by atoms with E-state index < -0.39 is 5.82 Å². The normalized spacial score (nSPS) is 10.8. The molecule has 0 spiro atoms. The molecule has 4 heteroatoms. The van der Waals surface area contributed by atoms with E-state index in [-0.39, 0.29) is 5.02 Å². The molecule has 0 aliphatic carbocycles. The Morgan fingerprint density at radius 1 is 1.10 bits per heavy atom. The second-order valence-corrected chi connectivity index (χ2v) is 4.92. The highest BCUT2D eigenvalue weighted by Gasteiger charge is 2.03. The molecule has 20 heavy (non-hydrogen) atoms. The van der Waals surface area contributed by atoms with Crippen molar-refractivity contribution in [3.8, 4) is 11.1 Å². The maximum absolute atomic E-state index is 13.1. The summed E-state index contributed by atoms with van der Waals surface area (Å²) in [5, 5.41) is 3.31. The smallest absolute Gasteiger partial charge is 0.141 e. The van der Waals surface area contributed by atoms with Crippen LogP contribution in [0.15, 0.2) is 42.5 Å². The van der Waals surface area contributed by atoms with E-state index in [9.17, 15) is 4.39 Å². The third-order valence-electron chi connectivity index (χ3n) is 3.04. The quantitative estimate of drug-likeness (QED) is 0.644. The summed E-state index contributed by atoms with van der Waals surface area (Å²) < 4.78 is 18.1. The summed E-state index contributed by atoms with van der Waals surface area (Å²) in [6.07, 6.45) is 0.938. The Labute approximate surface area is 123 Å². The number of ether oxygens (including phenoxy) is 1. The van der Waals surface area contributed by atoms with Gasteiger partial charge in [-0.05, 0) is 35.2 Å². The lowest BCUT2D eigenvalue weighted by Crippen LogP contribution is -2.19. The second-order valence-electron chi connectivity index (χ2n) is 4.51. The maximum atomic E-state index is 13.1. The third-order valence-corrected chi connectivity index (χ3v) is 3.33. The molecule has 0 unspecified atom stereocenters. The fraction of sp³-hybridized carbons (Fsp3) is 0.250. The van der Waals surface area contributed by atoms with Gasteiger partial charge in [-0.15, -0.1) is 0 Å². The van der Waals surface area contributed by atoms with Crippen LogP contribution in [0.2, 0.25) is 5.02 Å². The molecule has 0 atom stereocenters. The highest BCUT2D eigenvalue weighted by Crippen LogP contribution is 2.25. The van der Waals surface area contributed by atoms with E-state index >= 15 is 0 Å². The van der Waals surface area contributed by atoms with Gasteiger partial charge in [-0.25, -0.2) is 4.39 Å². The minimum absolute atomic E-state index is 0.148. The molecule has 1 N–H and O–H groups in total. The Morgan fingerprint density at radius 3 is 2.45 bits per heavy atom. The number of hydrogen-bond donors (Lipinski definition) is 1. The van der Waals surface area contributed by atoms with Gasteiger partial charge < -0.3 is 4.74 Å². The lowest BCUT2D eigenvalue weighted by molar-refractivity contribution is 0.176. The summed E-state index contributed by atoms with van der Waals surface area (Å²) in [6, 6.07) is 13.0. The molecule has 2 rings (SSSR count). The number of benzene rings is 2. The first-order valence-electron chi connectivity index (χ1n) is 6.44. The van der Waals surface area contributed by atoms with Crippen LogP contribution in [0, 0.1) is 5.82 Å². The van der Waals surface area contributed by atoms with Crippen LogP contribution in [0.5, 0.6) is 0 Å². The van der Waals surface area contributed by atoms with Crippen molar-refractivity contribution in [3.63, 3.8) is 0 Å². The molecule has 0 saturated heterocycles. The SMILES string of the molecule is COCNCCc1ccc(-c2ccc(F)c(Cl)c2)cc1. The Kier molecular flexibility index (Phi) is 5.53. The zero-order valence-electron chi connectivity index (χ0n) is 11.3. The van der Waals surface area contributed by atoms with Crippen LogP contribution in [0.4, 0.5) is 4.39 Å². The van der Waals surface area contributed by atoms with E-state index in [1.807, 2.05) is 12.1 Å². The van der Waals surface area contributed by atoms with Crippen LogP contribution in [-0.4, -0.2) is 20.4 Å². The molecule has 2 aromatic rings. The van der Waals surface area contributed by atoms with Gasteiger partial charge in [-0.3, -0.25) is 5.32 Å². The fourth-order valence-corrected chi connectivity index (χ4v) is 2.13. The molecule has 106 valence electrons. The number of halogens is 2. The van der Waals surface area contributed by atoms with Crippen molar-refractivity contribution < 1.29 is 9.13 Å². The largest absolute Gasteiger partial charge is 0.370 e. The average molecular weight is 294 g/mol. The lowest BCUT2D eigenvalue weighted by atomic mass is 10.0. The van der Waals surface area contributed by atoms with Crippen molar-refractivity contribution in [2.24, 2.45) is 0 Å². The first-order chi connectivity index (χ1) is 9.70. The molecule has 2 nitrogen and oxygen atoms in total. The van der Waals surface area contributed by atoms with Crippen molar-refractivity contribution >= 4 is 11.6 Å². The van der Waals surface area contributed by atoms with Gasteiger partial charge in [0.25, 0.3) is 0 Å². The van der Waals surface area contributed by atoms with E-state index in [1.165, 1.54) is 11.6 Å². The third kappa shape index (κ3) is 4.04. The van der Waals surface area contributed by atoms with Crippen molar-refractivity contribution in [1.29, 1.82) is 0 Å². The monoisotopic (exact) mass is 293 g/mol. The molecular weight excluding hydrogens is 277 g/mol. The minimum atomic E-state index is -0.392. The van der Waals surface area contributed by atoms with Gasteiger partial charge in [-0.1, -0.05) is 41.9 Å². The Morgan fingerprint density at radius 2 is 1.80 bits per heavy atom. The molecule has 0 bridgehead atoms. The molecule has 0 heterocycles. The zero-order chi connectivity index (χ0) is 14.4. The van der Waals surface area contributed by atoms with Crippen LogP contribution < -0.4 is 5.32 Å². The van der Waals surface area contributed by atoms with Gasteiger partial charge in [0.1, 0.15) is 5.82 Å². The highest BCUT2D eigenvalue weighted by molar-refractivity contribution is 6.31. The first-order valence-corrected chi connectivity index (χ1v) is 6.82. The predicted molar refractivity (Wildman–Crippen MR) is 80.4 cm³/mol. The van der Waals surface area contributed by atoms with Crippen molar-refractivity contribution in [3.05, 3.63) is 58.9 Å². The maximum Gasteiger partial charge on any atom is 0.141 e. The van der Waals surface area contributed by atoms with Crippen molar-refractivity contribution in [2.45, 2.75) is 6.42 Å². The van der Waals surface area contributed by atoms with Gasteiger partial charge >= 0.3 is 0 Å². The van der Waals surface area contributed by atoms with Crippen LogP contribution in [-0.2, 0) is 11.2 Å². The van der Waals surface area contributed by atoms with Gasteiger partial charge in [-0.2, -0.15) is 0 Å². The zero-order valence-corrected chi connectivity index (χ0v) is 12.1. The van der Waals surface area contributed by atoms with E-state index in [4.69, 9.17) is 16.3 Å². The van der Waals surface area contributed by atoms with E-state index in [2.05, 4.69) is 17.4 Å². The van der Waals surface area contributed by atoms with E-state index in [0.717, 1.165) is 24.1 Å². The predicted octanol–water partition coefficient (Wildman–Crippen LogP) is 3.88. The molecule has 0 radical (unpaired) electrons. The molecule has 2 aromatic carbocycles. The van der Waals surface area contributed by atoms with Gasteiger partial charge in [0.2, 0.25) is 0 Å². The molecule has 0 aliphatic heterocycles. The summed E-state index contributed by atoms with van der Waals surface area (Å²) in [4.78, 5) is 0. The van der Waals surface area contributed by atoms with E-state index in [1.54, 1.807) is 19.2 Å². The second kappa shape index (κ2) is 7.39. The lowest BCUT2D eigenvalue weighted by Gasteiger charge is -2.06. The van der Waals surface area contributed by atoms with Crippen molar-refractivity contribution in [2.75, 3.05) is 20.4 Å². The standard InChI is InChI=1S/C16H17ClFNO/c1-20-11-19-9-8-12-2-4-13(5-3-12)14-6-7-16(18)15(17)10-14/h2-7,10,19H,8-9,11H2,1H3. The summed E-state index contributed by atoms with van der Waals surface area (Å²) in [5.74, 6) is -0.392. The number of nitrogens with one attached hydrogen (secondary N) is 1. The summed E-state index contributed by atoms with van der Waals surface area (Å²) in [7, 11) is 1.66. The number of rotatable bonds is 6. The molecule has 0 saturated carbocycles. The minimum Gasteiger partial charge on any atom is -0.370 e. The van der Waals surface area contributed by atoms with Gasteiger partial charge in [0.05, 0.1) is 11.8 Å². The number of hydrogen-bond acceptors (Lipinski definition) is 2. The molecular formula is C16H17ClFNO. The Bertz CT molecular complexity index is 557. The van der Waals surface area contributed by atoms with Crippen molar-refractivity contribution in [1.82, 2.24) is 5.32 Å².